The van der Waals surface area contributed by atoms with Crippen molar-refractivity contribution in [3.8, 4) is 11.5 Å². The fraction of sp³-hybridized carbons (Fsp3) is 0.452. The standard InChI is InChI=1S/C31H40N6O5/c1-22-31(40)36(2)16-6-7-17-37(28-20-33-24-9-4-5-10-25(24)35-28)18-8-15-32-29(38)14-12-23-11-13-26(41-3)27(19-23)42-21-30(39)34-22/h4-5,9-11,13,19-20,22H,6-8,12,14-18,21H2,1-3H3,(H,32,38)(H,34,39)/t22-/m0/s1. The Morgan fingerprint density at radius 1 is 0.952 bits per heavy atom. The zero-order valence-electron chi connectivity index (χ0n) is 24.6. The molecule has 224 valence electrons. The number of para-hydroxylation sites is 2. The molecule has 4 rings (SSSR count). The lowest BCUT2D eigenvalue weighted by Gasteiger charge is -2.25. The second kappa shape index (κ2) is 15.0. The number of likely N-dealkylation sites (N-methyl/N-ethyl adjacent to an activating group) is 1. The van der Waals surface area contributed by atoms with Crippen LogP contribution in [-0.4, -0.2) is 85.6 Å². The van der Waals surface area contributed by atoms with E-state index in [2.05, 4.69) is 20.5 Å². The van der Waals surface area contributed by atoms with Gasteiger partial charge in [0.1, 0.15) is 11.9 Å². The molecule has 2 N–H and O–H groups in total. The van der Waals surface area contributed by atoms with Crippen molar-refractivity contribution in [3.63, 3.8) is 0 Å². The third-order valence-electron chi connectivity index (χ3n) is 7.21. The second-order valence-corrected chi connectivity index (χ2v) is 10.4. The summed E-state index contributed by atoms with van der Waals surface area (Å²) in [5.74, 6) is 1.06. The van der Waals surface area contributed by atoms with E-state index < -0.39 is 11.9 Å². The number of nitrogens with one attached hydrogen (secondary N) is 2. The highest BCUT2D eigenvalue weighted by molar-refractivity contribution is 5.87. The molecule has 1 atom stereocenters. The predicted molar refractivity (Wildman–Crippen MR) is 161 cm³/mol. The molecule has 0 radical (unpaired) electrons. The minimum Gasteiger partial charge on any atom is -0.493 e. The third-order valence-corrected chi connectivity index (χ3v) is 7.21. The molecule has 0 fully saturated rings. The zero-order chi connectivity index (χ0) is 29.9. The fourth-order valence-electron chi connectivity index (χ4n) is 4.85. The van der Waals surface area contributed by atoms with Gasteiger partial charge in [0, 0.05) is 39.6 Å². The number of hydrogen-bond acceptors (Lipinski definition) is 8. The number of amides is 3. The Hall–Kier alpha value is -4.41. The van der Waals surface area contributed by atoms with Gasteiger partial charge in [0.15, 0.2) is 18.1 Å². The molecule has 2 bridgehead atoms. The van der Waals surface area contributed by atoms with Crippen molar-refractivity contribution in [2.24, 2.45) is 0 Å². The summed E-state index contributed by atoms with van der Waals surface area (Å²) in [5, 5.41) is 5.74. The summed E-state index contributed by atoms with van der Waals surface area (Å²) in [4.78, 5) is 51.3. The molecule has 11 nitrogen and oxygen atoms in total. The number of aryl methyl sites for hydroxylation is 1. The number of carbonyl (C=O) groups is 3. The van der Waals surface area contributed by atoms with Crippen LogP contribution in [0.1, 0.15) is 38.2 Å². The van der Waals surface area contributed by atoms with Crippen LogP contribution in [0, 0.1) is 0 Å². The summed E-state index contributed by atoms with van der Waals surface area (Å²) in [6.45, 7) is 3.91. The maximum absolute atomic E-state index is 12.9. The van der Waals surface area contributed by atoms with E-state index in [1.54, 1.807) is 37.2 Å². The monoisotopic (exact) mass is 576 g/mol. The van der Waals surface area contributed by atoms with Crippen molar-refractivity contribution in [2.75, 3.05) is 51.8 Å². The van der Waals surface area contributed by atoms with Crippen molar-refractivity contribution in [2.45, 2.75) is 45.1 Å². The lowest BCUT2D eigenvalue weighted by Crippen LogP contribution is -2.47. The first-order chi connectivity index (χ1) is 20.3. The lowest BCUT2D eigenvalue weighted by atomic mass is 10.1. The molecule has 1 aliphatic rings. The molecule has 0 unspecified atom stereocenters. The molecule has 2 aromatic carbocycles. The molecular formula is C31H40N6O5. The number of rotatable bonds is 2. The molecule has 2 heterocycles. The minimum atomic E-state index is -0.694. The smallest absolute Gasteiger partial charge is 0.258 e. The fourth-order valence-corrected chi connectivity index (χ4v) is 4.85. The highest BCUT2D eigenvalue weighted by atomic mass is 16.5. The molecule has 1 aromatic heterocycles. The number of nitrogens with zero attached hydrogens (tertiary/aromatic N) is 4. The van der Waals surface area contributed by atoms with Gasteiger partial charge in [-0.1, -0.05) is 18.2 Å². The van der Waals surface area contributed by atoms with E-state index >= 15 is 0 Å². The van der Waals surface area contributed by atoms with Crippen LogP contribution >= 0.6 is 0 Å². The van der Waals surface area contributed by atoms with E-state index in [1.165, 1.54) is 7.11 Å². The third kappa shape index (κ3) is 8.55. The number of hydrogen-bond donors (Lipinski definition) is 2. The number of ether oxygens (including phenoxy) is 2. The molecule has 42 heavy (non-hydrogen) atoms. The number of benzene rings is 2. The summed E-state index contributed by atoms with van der Waals surface area (Å²) in [7, 11) is 3.26. The Morgan fingerprint density at radius 2 is 1.71 bits per heavy atom. The van der Waals surface area contributed by atoms with Crippen molar-refractivity contribution in [3.05, 3.63) is 54.2 Å². The predicted octanol–water partition coefficient (Wildman–Crippen LogP) is 2.72. The Morgan fingerprint density at radius 3 is 2.52 bits per heavy atom. The van der Waals surface area contributed by atoms with Gasteiger partial charge >= 0.3 is 0 Å². The second-order valence-electron chi connectivity index (χ2n) is 10.4. The average molecular weight is 577 g/mol. The van der Waals surface area contributed by atoms with E-state index in [-0.39, 0.29) is 18.4 Å². The number of fused-ring (bicyclic) bond motifs is 3. The van der Waals surface area contributed by atoms with Gasteiger partial charge in [0.25, 0.3) is 5.91 Å². The summed E-state index contributed by atoms with van der Waals surface area (Å²) >= 11 is 0. The SMILES string of the molecule is COc1ccc2cc1OCC(=O)N[C@@H](C)C(=O)N(C)CCCCN(c1cnc3ccccc3n1)CCCNC(=O)CC2. The van der Waals surface area contributed by atoms with E-state index in [9.17, 15) is 14.4 Å². The molecule has 3 amide bonds. The lowest BCUT2D eigenvalue weighted by molar-refractivity contribution is -0.135. The van der Waals surface area contributed by atoms with Gasteiger partial charge in [-0.15, -0.1) is 0 Å². The first-order valence-electron chi connectivity index (χ1n) is 14.4. The largest absolute Gasteiger partial charge is 0.493 e. The maximum atomic E-state index is 12.9. The molecule has 11 heteroatoms. The van der Waals surface area contributed by atoms with Crippen LogP contribution in [0.4, 0.5) is 5.82 Å². The topological polar surface area (TPSA) is 126 Å². The molecule has 0 saturated carbocycles. The Balaban J connectivity index is 1.47. The van der Waals surface area contributed by atoms with Gasteiger partial charge < -0.3 is 29.9 Å². The van der Waals surface area contributed by atoms with Gasteiger partial charge in [0.05, 0.1) is 24.3 Å². The van der Waals surface area contributed by atoms with Gasteiger partial charge in [-0.2, -0.15) is 0 Å². The average Bonchev–Trinajstić information content (AvgIpc) is 3.00. The number of methoxy groups -OCH3 is 1. The van der Waals surface area contributed by atoms with E-state index in [0.29, 0.717) is 44.0 Å². The van der Waals surface area contributed by atoms with Crippen molar-refractivity contribution in [1.82, 2.24) is 25.5 Å². The maximum Gasteiger partial charge on any atom is 0.258 e. The zero-order valence-corrected chi connectivity index (χ0v) is 24.6. The number of anilines is 1. The molecule has 1 aliphatic heterocycles. The molecular weight excluding hydrogens is 536 g/mol. The highest BCUT2D eigenvalue weighted by Gasteiger charge is 2.20. The van der Waals surface area contributed by atoms with Crippen molar-refractivity contribution < 1.29 is 23.9 Å². The van der Waals surface area contributed by atoms with Crippen LogP contribution in [0.5, 0.6) is 11.5 Å². The van der Waals surface area contributed by atoms with Gasteiger partial charge in [-0.25, -0.2) is 4.98 Å². The Bertz CT molecular complexity index is 1380. The first-order valence-corrected chi connectivity index (χ1v) is 14.4. The number of carbonyl (C=O) groups excluding carboxylic acids is 3. The highest BCUT2D eigenvalue weighted by Crippen LogP contribution is 2.28. The van der Waals surface area contributed by atoms with Gasteiger partial charge in [-0.05, 0) is 62.4 Å². The van der Waals surface area contributed by atoms with Crippen molar-refractivity contribution in [1.29, 1.82) is 0 Å². The van der Waals surface area contributed by atoms with Crippen LogP contribution in [0.2, 0.25) is 0 Å². The van der Waals surface area contributed by atoms with Gasteiger partial charge in [0.2, 0.25) is 11.8 Å². The van der Waals surface area contributed by atoms with E-state index in [1.807, 2.05) is 30.3 Å². The van der Waals surface area contributed by atoms with Crippen LogP contribution in [0.25, 0.3) is 11.0 Å². The quantitative estimate of drug-likeness (QED) is 0.477. The Labute approximate surface area is 246 Å². The minimum absolute atomic E-state index is 0.0338. The molecule has 3 aromatic rings. The van der Waals surface area contributed by atoms with E-state index in [4.69, 9.17) is 14.5 Å². The van der Waals surface area contributed by atoms with E-state index in [0.717, 1.165) is 48.2 Å². The summed E-state index contributed by atoms with van der Waals surface area (Å²) in [6.07, 6.45) is 4.96. The first kappa shape index (κ1) is 30.5. The van der Waals surface area contributed by atoms with Crippen LogP contribution in [0.3, 0.4) is 0 Å². The molecule has 0 aliphatic carbocycles. The number of aromatic nitrogens is 2. The van der Waals surface area contributed by atoms with Crippen LogP contribution in [0.15, 0.2) is 48.7 Å². The summed E-state index contributed by atoms with van der Waals surface area (Å²) in [6, 6.07) is 12.5. The molecule has 0 spiro atoms. The van der Waals surface area contributed by atoms with Gasteiger partial charge in [-0.3, -0.25) is 19.4 Å². The van der Waals surface area contributed by atoms with Crippen molar-refractivity contribution >= 4 is 34.6 Å². The summed E-state index contributed by atoms with van der Waals surface area (Å²) in [5.41, 5.74) is 2.55. The van der Waals surface area contributed by atoms with Crippen LogP contribution < -0.4 is 25.0 Å². The summed E-state index contributed by atoms with van der Waals surface area (Å²) < 4.78 is 11.1. The van der Waals surface area contributed by atoms with Crippen LogP contribution in [-0.2, 0) is 20.8 Å². The Kier molecular flexibility index (Phi) is 10.9. The molecule has 0 saturated heterocycles. The normalized spacial score (nSPS) is 18.7.